The van der Waals surface area contributed by atoms with Crippen molar-refractivity contribution >= 4 is 34.2 Å². The standard InChI is InChI=1S/C30H38N4O4S/c1-21(22-9-3-2-4-10-22)31-30(37)38-29-23-11-5-6-12-25(23)32-28(26-13-7-18-39-26)24(29)19-33-15-16-34(14-8-17-35)27(36)20-33/h5-7,11-13,18,21-22,35H,2-4,8-10,14-17,19-20H2,1H3,(H,31,37)/t21-/m0/s1. The molecule has 5 rings (SSSR count). The van der Waals surface area contributed by atoms with Crippen LogP contribution in [0.1, 0.15) is 51.0 Å². The zero-order valence-corrected chi connectivity index (χ0v) is 23.4. The van der Waals surface area contributed by atoms with Gasteiger partial charge in [0.05, 0.1) is 22.6 Å². The first-order valence-corrected chi connectivity index (χ1v) is 15.0. The Morgan fingerprint density at radius 3 is 2.74 bits per heavy atom. The molecule has 2 fully saturated rings. The summed E-state index contributed by atoms with van der Waals surface area (Å²) in [6.07, 6.45) is 6.08. The number of thiophene rings is 1. The quantitative estimate of drug-likeness (QED) is 0.387. The van der Waals surface area contributed by atoms with Gasteiger partial charge in [0.2, 0.25) is 5.91 Å². The normalized spacial score (nSPS) is 17.9. The van der Waals surface area contributed by atoms with Gasteiger partial charge in [-0.15, -0.1) is 11.3 Å². The molecule has 9 heteroatoms. The summed E-state index contributed by atoms with van der Waals surface area (Å²) in [6, 6.07) is 11.8. The van der Waals surface area contributed by atoms with Gasteiger partial charge in [-0.1, -0.05) is 37.5 Å². The Morgan fingerprint density at radius 2 is 2.00 bits per heavy atom. The van der Waals surface area contributed by atoms with Crippen molar-refractivity contribution < 1.29 is 19.4 Å². The number of rotatable bonds is 9. The molecule has 1 aliphatic heterocycles. The van der Waals surface area contributed by atoms with Crippen molar-refractivity contribution in [3.63, 3.8) is 0 Å². The number of benzene rings is 1. The minimum absolute atomic E-state index is 0.0377. The fourth-order valence-electron chi connectivity index (χ4n) is 5.78. The van der Waals surface area contributed by atoms with Crippen LogP contribution >= 0.6 is 11.3 Å². The Balaban J connectivity index is 1.45. The van der Waals surface area contributed by atoms with Gasteiger partial charge in [-0.25, -0.2) is 9.78 Å². The second-order valence-electron chi connectivity index (χ2n) is 10.7. The van der Waals surface area contributed by atoms with Crippen LogP contribution in [0.15, 0.2) is 41.8 Å². The molecule has 2 N–H and O–H groups in total. The maximum absolute atomic E-state index is 13.3. The average Bonchev–Trinajstić information content (AvgIpc) is 3.49. The van der Waals surface area contributed by atoms with E-state index in [1.165, 1.54) is 19.3 Å². The largest absolute Gasteiger partial charge is 0.412 e. The Morgan fingerprint density at radius 1 is 1.18 bits per heavy atom. The smallest absolute Gasteiger partial charge is 0.409 e. The number of carbonyl (C=O) groups excluding carboxylic acids is 2. The highest BCUT2D eigenvalue weighted by Gasteiger charge is 2.28. The van der Waals surface area contributed by atoms with E-state index in [-0.39, 0.29) is 25.1 Å². The van der Waals surface area contributed by atoms with Crippen LogP contribution in [0, 0.1) is 5.92 Å². The van der Waals surface area contributed by atoms with Gasteiger partial charge in [0.25, 0.3) is 0 Å². The highest BCUT2D eigenvalue weighted by atomic mass is 32.1. The molecular formula is C30H38N4O4S. The molecule has 8 nitrogen and oxygen atoms in total. The third-order valence-electron chi connectivity index (χ3n) is 7.96. The lowest BCUT2D eigenvalue weighted by molar-refractivity contribution is -0.136. The first-order chi connectivity index (χ1) is 19.0. The molecule has 1 saturated heterocycles. The Labute approximate surface area is 234 Å². The van der Waals surface area contributed by atoms with Crippen LogP contribution in [0.2, 0.25) is 0 Å². The third-order valence-corrected chi connectivity index (χ3v) is 8.83. The van der Waals surface area contributed by atoms with Gasteiger partial charge in [0.15, 0.2) is 0 Å². The minimum atomic E-state index is -0.451. The summed E-state index contributed by atoms with van der Waals surface area (Å²) in [4.78, 5) is 36.1. The summed E-state index contributed by atoms with van der Waals surface area (Å²) in [5, 5.41) is 15.1. The van der Waals surface area contributed by atoms with Gasteiger partial charge < -0.3 is 20.1 Å². The maximum Gasteiger partial charge on any atom is 0.412 e. The molecule has 3 heterocycles. The van der Waals surface area contributed by atoms with Crippen molar-refractivity contribution in [3.8, 4) is 16.3 Å². The van der Waals surface area contributed by atoms with Crippen molar-refractivity contribution in [3.05, 3.63) is 47.3 Å². The lowest BCUT2D eigenvalue weighted by Crippen LogP contribution is -2.50. The van der Waals surface area contributed by atoms with Crippen molar-refractivity contribution in [2.75, 3.05) is 32.8 Å². The van der Waals surface area contributed by atoms with Crippen LogP contribution in [0.3, 0.4) is 0 Å². The van der Waals surface area contributed by atoms with E-state index in [9.17, 15) is 9.59 Å². The number of ether oxygens (including phenoxy) is 1. The van der Waals surface area contributed by atoms with Crippen molar-refractivity contribution in [1.29, 1.82) is 0 Å². The van der Waals surface area contributed by atoms with Gasteiger partial charge in [-0.05, 0) is 55.7 Å². The van der Waals surface area contributed by atoms with E-state index in [1.807, 2.05) is 46.7 Å². The van der Waals surface area contributed by atoms with E-state index in [0.29, 0.717) is 44.3 Å². The molecule has 0 radical (unpaired) electrons. The van der Waals surface area contributed by atoms with Crippen LogP contribution in [-0.2, 0) is 11.3 Å². The van der Waals surface area contributed by atoms with E-state index in [2.05, 4.69) is 17.1 Å². The Hall–Kier alpha value is -3.01. The fraction of sp³-hybridized carbons (Fsp3) is 0.500. The van der Waals surface area contributed by atoms with E-state index in [1.54, 1.807) is 11.3 Å². The summed E-state index contributed by atoms with van der Waals surface area (Å²) >= 11 is 1.59. The van der Waals surface area contributed by atoms with E-state index < -0.39 is 6.09 Å². The summed E-state index contributed by atoms with van der Waals surface area (Å²) in [5.41, 5.74) is 2.35. The van der Waals surface area contributed by atoms with Crippen molar-refractivity contribution in [1.82, 2.24) is 20.1 Å². The molecule has 0 spiro atoms. The number of aliphatic hydroxyl groups excluding tert-OH is 1. The van der Waals surface area contributed by atoms with Crippen LogP contribution < -0.4 is 10.1 Å². The van der Waals surface area contributed by atoms with Crippen molar-refractivity contribution in [2.45, 2.75) is 58.0 Å². The molecule has 0 bridgehead atoms. The molecule has 1 saturated carbocycles. The molecule has 0 unspecified atom stereocenters. The molecule has 208 valence electrons. The summed E-state index contributed by atoms with van der Waals surface area (Å²) in [6.45, 7) is 4.71. The summed E-state index contributed by atoms with van der Waals surface area (Å²) in [7, 11) is 0. The van der Waals surface area contributed by atoms with Gasteiger partial charge in [-0.3, -0.25) is 9.69 Å². The third kappa shape index (κ3) is 6.59. The van der Waals surface area contributed by atoms with Crippen molar-refractivity contribution in [2.24, 2.45) is 5.92 Å². The second kappa shape index (κ2) is 12.9. The zero-order chi connectivity index (χ0) is 27.2. The number of pyridine rings is 1. The number of piperazine rings is 1. The monoisotopic (exact) mass is 550 g/mol. The molecule has 1 atom stereocenters. The lowest BCUT2D eigenvalue weighted by atomic mass is 9.85. The number of aromatic nitrogens is 1. The molecular weight excluding hydrogens is 512 g/mol. The molecule has 39 heavy (non-hydrogen) atoms. The van der Waals surface area contributed by atoms with E-state index >= 15 is 0 Å². The van der Waals surface area contributed by atoms with Gasteiger partial charge in [0.1, 0.15) is 5.75 Å². The topological polar surface area (TPSA) is 95.0 Å². The van der Waals surface area contributed by atoms with Crippen LogP contribution in [0.5, 0.6) is 5.75 Å². The highest BCUT2D eigenvalue weighted by molar-refractivity contribution is 7.13. The maximum atomic E-state index is 13.3. The molecule has 2 aromatic heterocycles. The number of nitrogens with zero attached hydrogens (tertiary/aromatic N) is 3. The first-order valence-electron chi connectivity index (χ1n) is 14.1. The molecule has 1 aliphatic carbocycles. The molecule has 2 aliphatic rings. The number of hydrogen-bond donors (Lipinski definition) is 2. The number of para-hydroxylation sites is 1. The van der Waals surface area contributed by atoms with E-state index in [0.717, 1.165) is 39.9 Å². The number of amides is 2. The number of hydrogen-bond acceptors (Lipinski definition) is 7. The minimum Gasteiger partial charge on any atom is -0.409 e. The van der Waals surface area contributed by atoms with Gasteiger partial charge in [0, 0.05) is 49.8 Å². The van der Waals surface area contributed by atoms with Gasteiger partial charge >= 0.3 is 6.09 Å². The fourth-order valence-corrected chi connectivity index (χ4v) is 6.52. The molecule has 1 aromatic carbocycles. The number of aliphatic hydroxyl groups is 1. The van der Waals surface area contributed by atoms with Crippen LogP contribution in [-0.4, -0.2) is 70.7 Å². The van der Waals surface area contributed by atoms with Crippen LogP contribution in [0.4, 0.5) is 4.79 Å². The first kappa shape index (κ1) is 27.6. The number of fused-ring (bicyclic) bond motifs is 1. The zero-order valence-electron chi connectivity index (χ0n) is 22.6. The van der Waals surface area contributed by atoms with Crippen LogP contribution in [0.25, 0.3) is 21.5 Å². The summed E-state index contributed by atoms with van der Waals surface area (Å²) < 4.78 is 6.17. The number of nitrogens with one attached hydrogen (secondary N) is 1. The predicted molar refractivity (Wildman–Crippen MR) is 154 cm³/mol. The van der Waals surface area contributed by atoms with E-state index in [4.69, 9.17) is 14.8 Å². The molecule has 2 amide bonds. The predicted octanol–water partition coefficient (Wildman–Crippen LogP) is 5.05. The second-order valence-corrected chi connectivity index (χ2v) is 11.6. The summed E-state index contributed by atoms with van der Waals surface area (Å²) in [5.74, 6) is 1.02. The Kier molecular flexibility index (Phi) is 9.11. The van der Waals surface area contributed by atoms with Gasteiger partial charge in [-0.2, -0.15) is 0 Å². The highest BCUT2D eigenvalue weighted by Crippen LogP contribution is 2.38. The number of carbonyl (C=O) groups is 2. The Bertz CT molecular complexity index is 1280. The SMILES string of the molecule is C[C@H](NC(=O)Oc1c(CN2CCN(CCCO)C(=O)C2)c(-c2cccs2)nc2ccccc12)C1CCCCC1. The molecule has 3 aromatic rings. The average molecular weight is 551 g/mol. The lowest BCUT2D eigenvalue weighted by Gasteiger charge is -2.34.